The number of hydrogen-bond donors (Lipinski definition) is 1. The molecule has 8 heteroatoms. The Morgan fingerprint density at radius 1 is 1.22 bits per heavy atom. The molecule has 0 aliphatic carbocycles. The van der Waals surface area contributed by atoms with E-state index in [9.17, 15) is 13.2 Å². The van der Waals surface area contributed by atoms with Crippen LogP contribution in [0.5, 0.6) is 0 Å². The van der Waals surface area contributed by atoms with Crippen LogP contribution in [-0.2, 0) is 9.84 Å². The van der Waals surface area contributed by atoms with Crippen molar-refractivity contribution in [2.24, 2.45) is 0 Å². The summed E-state index contributed by atoms with van der Waals surface area (Å²) in [6, 6.07) is 7.97. The Bertz CT molecular complexity index is 980. The fraction of sp³-hybridized carbons (Fsp3) is 0.133. The lowest BCUT2D eigenvalue weighted by Crippen LogP contribution is -2.18. The van der Waals surface area contributed by atoms with Crippen molar-refractivity contribution >= 4 is 43.1 Å². The average molecular weight is 347 g/mol. The van der Waals surface area contributed by atoms with Crippen LogP contribution in [0.25, 0.3) is 10.2 Å². The Morgan fingerprint density at radius 2 is 2.00 bits per heavy atom. The van der Waals surface area contributed by atoms with Crippen molar-refractivity contribution in [1.82, 2.24) is 9.97 Å². The van der Waals surface area contributed by atoms with Crippen molar-refractivity contribution in [2.45, 2.75) is 11.8 Å². The molecule has 0 aliphatic rings. The second-order valence-corrected chi connectivity index (χ2v) is 7.86. The van der Waals surface area contributed by atoms with Gasteiger partial charge >= 0.3 is 0 Å². The van der Waals surface area contributed by atoms with Gasteiger partial charge in [0, 0.05) is 0 Å². The molecule has 3 aromatic rings. The van der Waals surface area contributed by atoms with Crippen LogP contribution in [-0.4, -0.2) is 30.0 Å². The summed E-state index contributed by atoms with van der Waals surface area (Å²) in [7, 11) is -3.49. The highest BCUT2D eigenvalue weighted by atomic mass is 32.2. The van der Waals surface area contributed by atoms with E-state index in [1.165, 1.54) is 29.8 Å². The summed E-state index contributed by atoms with van der Waals surface area (Å²) in [5.41, 5.74) is 0.108. The van der Waals surface area contributed by atoms with Crippen molar-refractivity contribution in [1.29, 1.82) is 0 Å². The molecule has 2 heterocycles. The van der Waals surface area contributed by atoms with Crippen molar-refractivity contribution in [3.8, 4) is 0 Å². The summed E-state index contributed by atoms with van der Waals surface area (Å²) in [5.74, 6) is -0.215. The van der Waals surface area contributed by atoms with Gasteiger partial charge in [-0.05, 0) is 23.6 Å². The standard InChI is InChI=1S/C15H13N3O3S2/c1-2-23(20,21)12-6-4-3-5-10(12)14(19)18-13-11-7-8-22-15(11)17-9-16-13/h3-9H,2H2,1H3,(H,16,17,18,19). The summed E-state index contributed by atoms with van der Waals surface area (Å²) in [6.07, 6.45) is 1.36. The molecule has 0 bridgehead atoms. The third-order valence-electron chi connectivity index (χ3n) is 3.34. The van der Waals surface area contributed by atoms with Gasteiger partial charge in [0.1, 0.15) is 17.0 Å². The maximum Gasteiger partial charge on any atom is 0.258 e. The van der Waals surface area contributed by atoms with Crippen LogP contribution in [0, 0.1) is 0 Å². The van der Waals surface area contributed by atoms with E-state index in [1.54, 1.807) is 19.1 Å². The van der Waals surface area contributed by atoms with Gasteiger partial charge in [-0.15, -0.1) is 11.3 Å². The van der Waals surface area contributed by atoms with Crippen molar-refractivity contribution < 1.29 is 13.2 Å². The van der Waals surface area contributed by atoms with E-state index in [4.69, 9.17) is 0 Å². The topological polar surface area (TPSA) is 89.0 Å². The molecule has 0 radical (unpaired) electrons. The number of benzene rings is 1. The third kappa shape index (κ3) is 2.95. The SMILES string of the molecule is CCS(=O)(=O)c1ccccc1C(=O)Nc1ncnc2sccc12. The number of nitrogens with one attached hydrogen (secondary N) is 1. The highest BCUT2D eigenvalue weighted by Crippen LogP contribution is 2.25. The second-order valence-electron chi connectivity index (χ2n) is 4.72. The quantitative estimate of drug-likeness (QED) is 0.784. The van der Waals surface area contributed by atoms with Gasteiger partial charge in [-0.1, -0.05) is 19.1 Å². The molecular weight excluding hydrogens is 334 g/mol. The zero-order valence-electron chi connectivity index (χ0n) is 12.2. The minimum Gasteiger partial charge on any atom is -0.306 e. The Kier molecular flexibility index (Phi) is 4.10. The molecule has 1 aromatic carbocycles. The molecule has 0 atom stereocenters. The van der Waals surface area contributed by atoms with E-state index in [1.807, 2.05) is 11.4 Å². The van der Waals surface area contributed by atoms with Crippen molar-refractivity contribution in [3.05, 3.63) is 47.6 Å². The van der Waals surface area contributed by atoms with Gasteiger partial charge in [-0.3, -0.25) is 4.79 Å². The maximum atomic E-state index is 12.5. The molecule has 2 aromatic heterocycles. The van der Waals surface area contributed by atoms with Crippen LogP contribution in [0.1, 0.15) is 17.3 Å². The molecule has 1 N–H and O–H groups in total. The summed E-state index contributed by atoms with van der Waals surface area (Å²) in [5, 5.41) is 5.25. The largest absolute Gasteiger partial charge is 0.306 e. The number of nitrogens with zero attached hydrogens (tertiary/aromatic N) is 2. The van der Waals surface area contributed by atoms with Crippen LogP contribution < -0.4 is 5.32 Å². The van der Waals surface area contributed by atoms with E-state index >= 15 is 0 Å². The van der Waals surface area contributed by atoms with E-state index in [0.717, 1.165) is 10.2 Å². The smallest absolute Gasteiger partial charge is 0.258 e. The molecule has 3 rings (SSSR count). The lowest BCUT2D eigenvalue weighted by molar-refractivity contribution is 0.102. The number of carbonyl (C=O) groups excluding carboxylic acids is 1. The summed E-state index contributed by atoms with van der Waals surface area (Å²) in [6.45, 7) is 1.54. The van der Waals surface area contributed by atoms with Crippen LogP contribution in [0.3, 0.4) is 0 Å². The van der Waals surface area contributed by atoms with Gasteiger partial charge < -0.3 is 5.32 Å². The van der Waals surface area contributed by atoms with Crippen LogP contribution >= 0.6 is 11.3 Å². The fourth-order valence-corrected chi connectivity index (χ4v) is 3.97. The number of amides is 1. The van der Waals surface area contributed by atoms with Gasteiger partial charge in [0.25, 0.3) is 5.91 Å². The Labute approximate surface area is 137 Å². The Morgan fingerprint density at radius 3 is 2.78 bits per heavy atom. The van der Waals surface area contributed by atoms with Crippen LogP contribution in [0.2, 0.25) is 0 Å². The number of carbonyl (C=O) groups is 1. The Hall–Kier alpha value is -2.32. The molecule has 0 spiro atoms. The number of aromatic nitrogens is 2. The van der Waals surface area contributed by atoms with Gasteiger partial charge in [0.05, 0.1) is 21.6 Å². The van der Waals surface area contributed by atoms with Gasteiger partial charge in [0.2, 0.25) is 0 Å². The number of thiophene rings is 1. The fourth-order valence-electron chi connectivity index (χ4n) is 2.15. The monoisotopic (exact) mass is 347 g/mol. The highest BCUT2D eigenvalue weighted by molar-refractivity contribution is 7.91. The van der Waals surface area contributed by atoms with Crippen molar-refractivity contribution in [3.63, 3.8) is 0 Å². The lowest BCUT2D eigenvalue weighted by atomic mass is 10.2. The second kappa shape index (κ2) is 6.05. The minimum atomic E-state index is -3.49. The van der Waals surface area contributed by atoms with Crippen LogP contribution in [0.15, 0.2) is 46.9 Å². The lowest BCUT2D eigenvalue weighted by Gasteiger charge is -2.10. The summed E-state index contributed by atoms with van der Waals surface area (Å²) < 4.78 is 24.3. The van der Waals surface area contributed by atoms with E-state index in [2.05, 4.69) is 15.3 Å². The van der Waals surface area contributed by atoms with Crippen molar-refractivity contribution in [2.75, 3.05) is 11.1 Å². The average Bonchev–Trinajstić information content (AvgIpc) is 3.04. The number of fused-ring (bicyclic) bond motifs is 1. The number of hydrogen-bond acceptors (Lipinski definition) is 6. The molecule has 0 fully saturated rings. The molecule has 1 amide bonds. The number of rotatable bonds is 4. The first-order chi connectivity index (χ1) is 11.0. The Balaban J connectivity index is 2.01. The first-order valence-electron chi connectivity index (χ1n) is 6.84. The van der Waals surface area contributed by atoms with E-state index < -0.39 is 15.7 Å². The number of anilines is 1. The molecule has 0 aliphatic heterocycles. The van der Waals surface area contributed by atoms with E-state index in [-0.39, 0.29) is 16.2 Å². The normalized spacial score (nSPS) is 11.5. The predicted octanol–water partition coefficient (Wildman–Crippen LogP) is 2.74. The molecule has 0 unspecified atom stereocenters. The zero-order chi connectivity index (χ0) is 16.4. The minimum absolute atomic E-state index is 0.0237. The van der Waals surface area contributed by atoms with Crippen LogP contribution in [0.4, 0.5) is 5.82 Å². The van der Waals surface area contributed by atoms with E-state index in [0.29, 0.717) is 5.82 Å². The summed E-state index contributed by atoms with van der Waals surface area (Å²) in [4.78, 5) is 21.5. The predicted molar refractivity (Wildman–Crippen MR) is 89.5 cm³/mol. The van der Waals surface area contributed by atoms with Gasteiger partial charge in [0.15, 0.2) is 9.84 Å². The molecule has 118 valence electrons. The molecule has 0 saturated carbocycles. The summed E-state index contributed by atoms with van der Waals surface area (Å²) >= 11 is 1.44. The maximum absolute atomic E-state index is 12.5. The first kappa shape index (κ1) is 15.6. The van der Waals surface area contributed by atoms with Gasteiger partial charge in [-0.2, -0.15) is 0 Å². The third-order valence-corrected chi connectivity index (χ3v) is 5.95. The molecule has 0 saturated heterocycles. The molecule has 23 heavy (non-hydrogen) atoms. The first-order valence-corrected chi connectivity index (χ1v) is 9.37. The van der Waals surface area contributed by atoms with Gasteiger partial charge in [-0.25, -0.2) is 18.4 Å². The zero-order valence-corrected chi connectivity index (χ0v) is 13.8. The number of sulfone groups is 1. The molecule has 6 nitrogen and oxygen atoms in total. The highest BCUT2D eigenvalue weighted by Gasteiger charge is 2.21. The molecular formula is C15H13N3O3S2.